The molecule has 4 nitrogen and oxygen atoms in total. The summed E-state index contributed by atoms with van der Waals surface area (Å²) in [5.74, 6) is 0.0221. The third-order valence-electron chi connectivity index (χ3n) is 4.52. The lowest BCUT2D eigenvalue weighted by Crippen LogP contribution is -2.27. The second-order valence-electron chi connectivity index (χ2n) is 6.52. The van der Waals surface area contributed by atoms with Crippen LogP contribution >= 0.6 is 11.6 Å². The first kappa shape index (κ1) is 17.8. The van der Waals surface area contributed by atoms with Gasteiger partial charge in [0.1, 0.15) is 0 Å². The molecular formula is C20H24ClN3O. The standard InChI is InChI=1S/C20H24ClN3O/c1-14(15-6-3-2-4-7-15)23-19-10-9-17(12-18(19)21)24-20(25)13-16-8-5-11-22-16/h2-4,6-7,9-10,12,14,16,22-23H,5,8,11,13H2,1H3,(H,24,25). The van der Waals surface area contributed by atoms with Gasteiger partial charge in [-0.2, -0.15) is 0 Å². The molecule has 0 bridgehead atoms. The van der Waals surface area contributed by atoms with Gasteiger partial charge in [0.2, 0.25) is 5.91 Å². The van der Waals surface area contributed by atoms with E-state index in [0.29, 0.717) is 17.5 Å². The van der Waals surface area contributed by atoms with Gasteiger partial charge in [0, 0.05) is 24.2 Å². The van der Waals surface area contributed by atoms with Crippen LogP contribution in [0.1, 0.15) is 37.8 Å². The molecular weight excluding hydrogens is 334 g/mol. The van der Waals surface area contributed by atoms with E-state index >= 15 is 0 Å². The van der Waals surface area contributed by atoms with Crippen LogP contribution in [-0.4, -0.2) is 18.5 Å². The van der Waals surface area contributed by atoms with Crippen LogP contribution in [0.4, 0.5) is 11.4 Å². The van der Waals surface area contributed by atoms with Gasteiger partial charge in [0.05, 0.1) is 10.7 Å². The monoisotopic (exact) mass is 357 g/mol. The maximum Gasteiger partial charge on any atom is 0.225 e. The van der Waals surface area contributed by atoms with Gasteiger partial charge < -0.3 is 16.0 Å². The molecule has 1 aliphatic heterocycles. The first-order chi connectivity index (χ1) is 12.1. The van der Waals surface area contributed by atoms with Gasteiger partial charge in [-0.05, 0) is 50.1 Å². The molecule has 2 aromatic carbocycles. The maximum atomic E-state index is 12.1. The highest BCUT2D eigenvalue weighted by molar-refractivity contribution is 6.33. The molecule has 0 saturated carbocycles. The smallest absolute Gasteiger partial charge is 0.225 e. The van der Waals surface area contributed by atoms with Crippen molar-refractivity contribution < 1.29 is 4.79 Å². The van der Waals surface area contributed by atoms with Crippen molar-refractivity contribution in [2.75, 3.05) is 17.2 Å². The molecule has 1 fully saturated rings. The van der Waals surface area contributed by atoms with E-state index < -0.39 is 0 Å². The minimum atomic E-state index is 0.0221. The van der Waals surface area contributed by atoms with Crippen LogP contribution in [-0.2, 0) is 4.79 Å². The summed E-state index contributed by atoms with van der Waals surface area (Å²) >= 11 is 6.39. The summed E-state index contributed by atoms with van der Waals surface area (Å²) in [4.78, 5) is 12.1. The molecule has 5 heteroatoms. The quantitative estimate of drug-likeness (QED) is 0.708. The summed E-state index contributed by atoms with van der Waals surface area (Å²) in [5.41, 5.74) is 2.78. The van der Waals surface area contributed by atoms with E-state index in [2.05, 4.69) is 35.0 Å². The molecule has 1 heterocycles. The number of benzene rings is 2. The highest BCUT2D eigenvalue weighted by Gasteiger charge is 2.18. The van der Waals surface area contributed by atoms with Crippen molar-refractivity contribution in [2.24, 2.45) is 0 Å². The number of rotatable bonds is 6. The molecule has 2 unspecified atom stereocenters. The van der Waals surface area contributed by atoms with E-state index in [0.717, 1.165) is 30.8 Å². The van der Waals surface area contributed by atoms with Crippen LogP contribution < -0.4 is 16.0 Å². The molecule has 2 aromatic rings. The Kier molecular flexibility index (Phi) is 5.95. The van der Waals surface area contributed by atoms with E-state index in [-0.39, 0.29) is 11.9 Å². The second kappa shape index (κ2) is 8.37. The summed E-state index contributed by atoms with van der Waals surface area (Å²) in [6.07, 6.45) is 2.71. The Hall–Kier alpha value is -2.04. The fraction of sp³-hybridized carbons (Fsp3) is 0.350. The zero-order valence-electron chi connectivity index (χ0n) is 14.4. The summed E-state index contributed by atoms with van der Waals surface area (Å²) in [6, 6.07) is 16.2. The number of halogens is 1. The average Bonchev–Trinajstić information content (AvgIpc) is 3.11. The van der Waals surface area contributed by atoms with Crippen molar-refractivity contribution in [3.63, 3.8) is 0 Å². The van der Waals surface area contributed by atoms with Crippen LogP contribution in [0.2, 0.25) is 5.02 Å². The SMILES string of the molecule is CC(Nc1ccc(NC(=O)CC2CCCN2)cc1Cl)c1ccccc1. The van der Waals surface area contributed by atoms with E-state index in [1.54, 1.807) is 6.07 Å². The van der Waals surface area contributed by atoms with Gasteiger partial charge in [-0.15, -0.1) is 0 Å². The van der Waals surface area contributed by atoms with Gasteiger partial charge in [-0.3, -0.25) is 4.79 Å². The normalized spacial score (nSPS) is 17.9. The first-order valence-corrected chi connectivity index (χ1v) is 9.14. The fourth-order valence-corrected chi connectivity index (χ4v) is 3.37. The minimum Gasteiger partial charge on any atom is -0.377 e. The topological polar surface area (TPSA) is 53.2 Å². The van der Waals surface area contributed by atoms with Crippen LogP contribution in [0.15, 0.2) is 48.5 Å². The highest BCUT2D eigenvalue weighted by Crippen LogP contribution is 2.29. The number of nitrogens with one attached hydrogen (secondary N) is 3. The largest absolute Gasteiger partial charge is 0.377 e. The third-order valence-corrected chi connectivity index (χ3v) is 4.83. The fourth-order valence-electron chi connectivity index (χ4n) is 3.13. The number of carbonyl (C=O) groups excluding carboxylic acids is 1. The van der Waals surface area contributed by atoms with Crippen molar-refractivity contribution >= 4 is 28.9 Å². The zero-order valence-corrected chi connectivity index (χ0v) is 15.1. The molecule has 0 aliphatic carbocycles. The summed E-state index contributed by atoms with van der Waals surface area (Å²) in [6.45, 7) is 3.10. The lowest BCUT2D eigenvalue weighted by molar-refractivity contribution is -0.116. The van der Waals surface area contributed by atoms with Crippen LogP contribution in [0, 0.1) is 0 Å². The lowest BCUT2D eigenvalue weighted by Gasteiger charge is -2.17. The number of hydrogen-bond acceptors (Lipinski definition) is 3. The molecule has 0 aromatic heterocycles. The summed E-state index contributed by atoms with van der Waals surface area (Å²) in [5, 5.41) is 10.3. The predicted molar refractivity (Wildman–Crippen MR) is 104 cm³/mol. The van der Waals surface area contributed by atoms with Crippen molar-refractivity contribution in [2.45, 2.75) is 38.3 Å². The maximum absolute atomic E-state index is 12.1. The summed E-state index contributed by atoms with van der Waals surface area (Å²) in [7, 11) is 0. The Morgan fingerprint density at radius 3 is 2.76 bits per heavy atom. The Bertz CT molecular complexity index is 714. The zero-order chi connectivity index (χ0) is 17.6. The van der Waals surface area contributed by atoms with Crippen LogP contribution in [0.3, 0.4) is 0 Å². The average molecular weight is 358 g/mol. The van der Waals surface area contributed by atoms with Gasteiger partial charge in [0.15, 0.2) is 0 Å². The van der Waals surface area contributed by atoms with Crippen molar-refractivity contribution in [1.29, 1.82) is 0 Å². The Morgan fingerprint density at radius 1 is 1.28 bits per heavy atom. The molecule has 1 aliphatic rings. The molecule has 132 valence electrons. The number of carbonyl (C=O) groups is 1. The molecule has 2 atom stereocenters. The van der Waals surface area contributed by atoms with Crippen LogP contribution in [0.25, 0.3) is 0 Å². The molecule has 3 rings (SSSR count). The van der Waals surface area contributed by atoms with E-state index in [4.69, 9.17) is 11.6 Å². The third kappa shape index (κ3) is 4.97. The first-order valence-electron chi connectivity index (χ1n) is 8.76. The summed E-state index contributed by atoms with van der Waals surface area (Å²) < 4.78 is 0. The molecule has 0 spiro atoms. The highest BCUT2D eigenvalue weighted by atomic mass is 35.5. The van der Waals surface area contributed by atoms with Gasteiger partial charge >= 0.3 is 0 Å². The molecule has 3 N–H and O–H groups in total. The van der Waals surface area contributed by atoms with Gasteiger partial charge in [0.25, 0.3) is 0 Å². The van der Waals surface area contributed by atoms with Crippen molar-refractivity contribution in [3.8, 4) is 0 Å². The second-order valence-corrected chi connectivity index (χ2v) is 6.92. The van der Waals surface area contributed by atoms with E-state index in [1.165, 1.54) is 5.56 Å². The van der Waals surface area contributed by atoms with Gasteiger partial charge in [-0.1, -0.05) is 41.9 Å². The lowest BCUT2D eigenvalue weighted by atomic mass is 10.1. The van der Waals surface area contributed by atoms with Crippen molar-refractivity contribution in [3.05, 3.63) is 59.1 Å². The Morgan fingerprint density at radius 2 is 2.08 bits per heavy atom. The van der Waals surface area contributed by atoms with E-state index in [1.807, 2.05) is 30.3 Å². The predicted octanol–water partition coefficient (Wildman–Crippen LogP) is 4.59. The molecule has 25 heavy (non-hydrogen) atoms. The number of hydrogen-bond donors (Lipinski definition) is 3. The number of amides is 1. The van der Waals surface area contributed by atoms with Crippen LogP contribution in [0.5, 0.6) is 0 Å². The molecule has 0 radical (unpaired) electrons. The molecule has 1 amide bonds. The number of anilines is 2. The Balaban J connectivity index is 1.59. The van der Waals surface area contributed by atoms with Gasteiger partial charge in [-0.25, -0.2) is 0 Å². The molecule has 1 saturated heterocycles. The van der Waals surface area contributed by atoms with Crippen molar-refractivity contribution in [1.82, 2.24) is 5.32 Å². The van der Waals surface area contributed by atoms with E-state index in [9.17, 15) is 4.79 Å². The Labute approximate surface area is 154 Å². The minimum absolute atomic E-state index is 0.0221.